The maximum absolute atomic E-state index is 10.5. The maximum atomic E-state index is 10.5. The largest absolute Gasteiger partial charge is 0.497 e. The summed E-state index contributed by atoms with van der Waals surface area (Å²) in [5.41, 5.74) is 3.33. The number of aromatic nitrogens is 2. The molecular formula is C23H37N5O3. The Morgan fingerprint density at radius 1 is 1.13 bits per heavy atom. The van der Waals surface area contributed by atoms with Crippen molar-refractivity contribution in [2.75, 3.05) is 60.5 Å². The number of aryl methyl sites for hydroxylation is 2. The standard InChI is InChI=1S/C23H37N5O3/c1-18-20(15-27(4)24-18)14-26(3)13-19-6-7-22(30-5)12-23(19)31-17-21(29)16-28-10-8-25(2)9-11-28/h6-7,12,15,21,29H,8-11,13-14,16-17H2,1-5H3. The summed E-state index contributed by atoms with van der Waals surface area (Å²) in [6.07, 6.45) is 1.53. The van der Waals surface area contributed by atoms with E-state index in [-0.39, 0.29) is 6.61 Å². The highest BCUT2D eigenvalue weighted by molar-refractivity contribution is 5.40. The number of piperazine rings is 1. The Morgan fingerprint density at radius 3 is 2.48 bits per heavy atom. The van der Waals surface area contributed by atoms with Crippen molar-refractivity contribution in [3.8, 4) is 11.5 Å². The van der Waals surface area contributed by atoms with Crippen LogP contribution in [-0.2, 0) is 20.1 Å². The van der Waals surface area contributed by atoms with Crippen LogP contribution >= 0.6 is 0 Å². The normalized spacial score (nSPS) is 16.6. The number of likely N-dealkylation sites (N-methyl/N-ethyl adjacent to an activating group) is 1. The number of hydrogen-bond acceptors (Lipinski definition) is 7. The van der Waals surface area contributed by atoms with E-state index in [2.05, 4.69) is 40.1 Å². The number of aliphatic hydroxyl groups excluding tert-OH is 1. The number of nitrogens with zero attached hydrogens (tertiary/aromatic N) is 5. The molecule has 1 unspecified atom stereocenters. The van der Waals surface area contributed by atoms with Crippen LogP contribution in [0.2, 0.25) is 0 Å². The van der Waals surface area contributed by atoms with Gasteiger partial charge in [0.15, 0.2) is 0 Å². The molecule has 172 valence electrons. The molecule has 3 rings (SSSR count). The van der Waals surface area contributed by atoms with Crippen LogP contribution < -0.4 is 9.47 Å². The first kappa shape index (κ1) is 23.5. The summed E-state index contributed by atoms with van der Waals surface area (Å²) < 4.78 is 13.3. The first-order valence-corrected chi connectivity index (χ1v) is 10.9. The van der Waals surface area contributed by atoms with Gasteiger partial charge in [0.1, 0.15) is 24.2 Å². The van der Waals surface area contributed by atoms with Gasteiger partial charge in [-0.05, 0) is 27.1 Å². The van der Waals surface area contributed by atoms with Crippen LogP contribution in [0.3, 0.4) is 0 Å². The molecule has 0 radical (unpaired) electrons. The maximum Gasteiger partial charge on any atom is 0.127 e. The molecule has 1 N–H and O–H groups in total. The molecule has 1 aromatic heterocycles. The Hall–Kier alpha value is -2.13. The summed E-state index contributed by atoms with van der Waals surface area (Å²) in [4.78, 5) is 6.84. The van der Waals surface area contributed by atoms with E-state index in [9.17, 15) is 5.11 Å². The van der Waals surface area contributed by atoms with Crippen LogP contribution in [0.5, 0.6) is 11.5 Å². The second-order valence-corrected chi connectivity index (χ2v) is 8.63. The molecule has 1 aliphatic heterocycles. The Morgan fingerprint density at radius 2 is 1.84 bits per heavy atom. The van der Waals surface area contributed by atoms with Gasteiger partial charge in [-0.3, -0.25) is 14.5 Å². The van der Waals surface area contributed by atoms with Gasteiger partial charge in [0, 0.05) is 76.3 Å². The van der Waals surface area contributed by atoms with E-state index >= 15 is 0 Å². The van der Waals surface area contributed by atoms with Gasteiger partial charge in [-0.1, -0.05) is 6.07 Å². The molecule has 0 spiro atoms. The lowest BCUT2D eigenvalue weighted by Gasteiger charge is -2.33. The fourth-order valence-electron chi connectivity index (χ4n) is 3.94. The second kappa shape index (κ2) is 10.9. The molecule has 0 saturated carbocycles. The minimum absolute atomic E-state index is 0.262. The molecule has 1 aliphatic rings. The molecule has 0 bridgehead atoms. The van der Waals surface area contributed by atoms with E-state index in [0.29, 0.717) is 6.54 Å². The highest BCUT2D eigenvalue weighted by Gasteiger charge is 2.18. The zero-order valence-electron chi connectivity index (χ0n) is 19.5. The van der Waals surface area contributed by atoms with Crippen LogP contribution in [-0.4, -0.2) is 96.2 Å². The Balaban J connectivity index is 1.59. The van der Waals surface area contributed by atoms with Crippen molar-refractivity contribution in [3.05, 3.63) is 41.2 Å². The zero-order chi connectivity index (χ0) is 22.4. The predicted octanol–water partition coefficient (Wildman–Crippen LogP) is 1.36. The van der Waals surface area contributed by atoms with Crippen molar-refractivity contribution < 1.29 is 14.6 Å². The molecule has 0 amide bonds. The Bertz CT molecular complexity index is 833. The SMILES string of the molecule is COc1ccc(CN(C)Cc2cn(C)nc2C)c(OCC(O)CN2CCN(C)CC2)c1. The summed E-state index contributed by atoms with van der Waals surface area (Å²) >= 11 is 0. The molecule has 2 aromatic rings. The zero-order valence-corrected chi connectivity index (χ0v) is 19.5. The number of aliphatic hydroxyl groups is 1. The molecule has 8 nitrogen and oxygen atoms in total. The van der Waals surface area contributed by atoms with E-state index in [1.165, 1.54) is 5.56 Å². The number of ether oxygens (including phenoxy) is 2. The van der Waals surface area contributed by atoms with Gasteiger partial charge in [0.2, 0.25) is 0 Å². The molecule has 1 saturated heterocycles. The summed E-state index contributed by atoms with van der Waals surface area (Å²) in [6, 6.07) is 5.89. The van der Waals surface area contributed by atoms with E-state index in [1.807, 2.05) is 36.9 Å². The van der Waals surface area contributed by atoms with Gasteiger partial charge < -0.3 is 19.5 Å². The predicted molar refractivity (Wildman–Crippen MR) is 122 cm³/mol. The van der Waals surface area contributed by atoms with Crippen molar-refractivity contribution in [2.24, 2.45) is 7.05 Å². The van der Waals surface area contributed by atoms with Gasteiger partial charge in [-0.15, -0.1) is 0 Å². The number of rotatable bonds is 10. The van der Waals surface area contributed by atoms with Gasteiger partial charge >= 0.3 is 0 Å². The highest BCUT2D eigenvalue weighted by Crippen LogP contribution is 2.26. The summed E-state index contributed by atoms with van der Waals surface area (Å²) in [6.45, 7) is 8.50. The third-order valence-corrected chi connectivity index (χ3v) is 5.77. The van der Waals surface area contributed by atoms with E-state index in [1.54, 1.807) is 7.11 Å². The van der Waals surface area contributed by atoms with Gasteiger partial charge in [0.05, 0.1) is 12.8 Å². The molecule has 1 fully saturated rings. The number of methoxy groups -OCH3 is 1. The molecule has 0 aliphatic carbocycles. The lowest BCUT2D eigenvalue weighted by atomic mass is 10.1. The van der Waals surface area contributed by atoms with E-state index < -0.39 is 6.10 Å². The minimum atomic E-state index is -0.529. The minimum Gasteiger partial charge on any atom is -0.497 e. The molecule has 1 atom stereocenters. The van der Waals surface area contributed by atoms with Gasteiger partial charge in [-0.2, -0.15) is 5.10 Å². The van der Waals surface area contributed by atoms with Crippen LogP contribution in [0.4, 0.5) is 0 Å². The molecule has 2 heterocycles. The topological polar surface area (TPSA) is 66.2 Å². The Kier molecular flexibility index (Phi) is 8.31. The molecular weight excluding hydrogens is 394 g/mol. The lowest BCUT2D eigenvalue weighted by Crippen LogP contribution is -2.47. The van der Waals surface area contributed by atoms with Gasteiger partial charge in [-0.25, -0.2) is 0 Å². The van der Waals surface area contributed by atoms with Crippen LogP contribution in [0.15, 0.2) is 24.4 Å². The van der Waals surface area contributed by atoms with Crippen molar-refractivity contribution >= 4 is 0 Å². The van der Waals surface area contributed by atoms with Crippen LogP contribution in [0, 0.1) is 6.92 Å². The van der Waals surface area contributed by atoms with Crippen molar-refractivity contribution in [1.82, 2.24) is 24.5 Å². The molecule has 1 aromatic carbocycles. The van der Waals surface area contributed by atoms with Crippen LogP contribution in [0.1, 0.15) is 16.8 Å². The first-order valence-electron chi connectivity index (χ1n) is 10.9. The lowest BCUT2D eigenvalue weighted by molar-refractivity contribution is 0.0500. The third kappa shape index (κ3) is 6.93. The number of hydrogen-bond donors (Lipinski definition) is 1. The van der Waals surface area contributed by atoms with E-state index in [0.717, 1.165) is 62.0 Å². The molecule has 31 heavy (non-hydrogen) atoms. The molecule has 8 heteroatoms. The Labute approximate surface area is 185 Å². The highest BCUT2D eigenvalue weighted by atomic mass is 16.5. The summed E-state index contributed by atoms with van der Waals surface area (Å²) in [5, 5.41) is 15.0. The van der Waals surface area contributed by atoms with Crippen molar-refractivity contribution in [3.63, 3.8) is 0 Å². The van der Waals surface area contributed by atoms with E-state index in [4.69, 9.17) is 9.47 Å². The third-order valence-electron chi connectivity index (χ3n) is 5.77. The fraction of sp³-hybridized carbons (Fsp3) is 0.609. The quantitative estimate of drug-likeness (QED) is 0.609. The summed E-state index contributed by atoms with van der Waals surface area (Å²) in [7, 11) is 7.81. The number of benzene rings is 1. The van der Waals surface area contributed by atoms with Crippen molar-refractivity contribution in [2.45, 2.75) is 26.1 Å². The monoisotopic (exact) mass is 431 g/mol. The smallest absolute Gasteiger partial charge is 0.127 e. The van der Waals surface area contributed by atoms with Gasteiger partial charge in [0.25, 0.3) is 0 Å². The average Bonchev–Trinajstić information content (AvgIpc) is 3.05. The summed E-state index contributed by atoms with van der Waals surface area (Å²) in [5.74, 6) is 1.50. The second-order valence-electron chi connectivity index (χ2n) is 8.63. The first-order chi connectivity index (χ1) is 14.8. The van der Waals surface area contributed by atoms with Crippen molar-refractivity contribution in [1.29, 1.82) is 0 Å². The van der Waals surface area contributed by atoms with Crippen LogP contribution in [0.25, 0.3) is 0 Å². The fourth-order valence-corrected chi connectivity index (χ4v) is 3.94. The number of β-amino-alcohol motifs (C(OH)–C–C–N with tert-alkyl or cyclic N) is 1. The average molecular weight is 432 g/mol.